The monoisotopic (exact) mass is 1560 g/mol. The van der Waals surface area contributed by atoms with Gasteiger partial charge in [0.25, 0.3) is 0 Å². The Morgan fingerprint density at radius 1 is 0.274 bits per heavy atom. The molecule has 0 spiro atoms. The highest BCUT2D eigenvalue weighted by Crippen LogP contribution is 2.52. The molecule has 0 radical (unpaired) electrons. The largest absolute Gasteiger partial charge is 0.384 e. The minimum absolute atomic E-state index is 0.0780. The molecular weight excluding hydrogens is 1420 g/mol. The van der Waals surface area contributed by atoms with Crippen molar-refractivity contribution < 1.29 is 83.5 Å². The maximum Gasteiger partial charge on any atom is 0.331 e. The normalized spacial score (nSPS) is 13.7. The Balaban J connectivity index is 0.000000560. The molecule has 18 N–H and O–H groups in total. The molecule has 106 heavy (non-hydrogen) atoms. The van der Waals surface area contributed by atoms with Gasteiger partial charge in [-0.25, -0.2) is 0 Å². The van der Waals surface area contributed by atoms with Gasteiger partial charge in [-0.05, 0) is 96.0 Å². The average molecular weight is 1560 g/mol. The molecule has 0 saturated heterocycles. The first-order valence-electron chi connectivity index (χ1n) is 37.5. The van der Waals surface area contributed by atoms with Gasteiger partial charge in [0, 0.05) is 73.7 Å². The minimum atomic E-state index is -3.47. The predicted molar refractivity (Wildman–Crippen MR) is 423 cm³/mol. The summed E-state index contributed by atoms with van der Waals surface area (Å²) in [6.07, 6.45) is 8.68. The Morgan fingerprint density at radius 3 is 0.774 bits per heavy atom. The minimum Gasteiger partial charge on any atom is -0.384 e. The van der Waals surface area contributed by atoms with Crippen LogP contribution in [0.3, 0.4) is 0 Å². The van der Waals surface area contributed by atoms with Gasteiger partial charge in [0.2, 0.25) is 0 Å². The third-order valence-electron chi connectivity index (χ3n) is 16.7. The molecule has 4 rings (SSSR count). The van der Waals surface area contributed by atoms with Gasteiger partial charge >= 0.3 is 22.8 Å². The van der Waals surface area contributed by atoms with Crippen LogP contribution in [0.25, 0.3) is 0 Å². The third-order valence-corrected chi connectivity index (χ3v) is 22.4. The van der Waals surface area contributed by atoms with E-state index in [2.05, 4.69) is 20.8 Å². The Kier molecular flexibility index (Phi) is 56.1. The van der Waals surface area contributed by atoms with E-state index in [1.165, 1.54) is 0 Å². The van der Waals surface area contributed by atoms with Crippen LogP contribution in [0.4, 0.5) is 0 Å². The van der Waals surface area contributed by atoms with Gasteiger partial charge in [-0.2, -0.15) is 0 Å². The molecule has 4 aromatic rings. The van der Waals surface area contributed by atoms with Gasteiger partial charge in [0.15, 0.2) is 0 Å². The third kappa shape index (κ3) is 43.4. The molecule has 3 unspecified atom stereocenters. The van der Waals surface area contributed by atoms with E-state index in [0.29, 0.717) is 170 Å². The zero-order valence-electron chi connectivity index (χ0n) is 65.0. The van der Waals surface area contributed by atoms with E-state index in [1.54, 1.807) is 21.3 Å². The van der Waals surface area contributed by atoms with Crippen LogP contribution in [0.1, 0.15) is 117 Å². The van der Waals surface area contributed by atoms with Gasteiger partial charge in [0.05, 0.1) is 173 Å². The summed E-state index contributed by atoms with van der Waals surface area (Å²) in [6, 6.07) is 32.0. The lowest BCUT2D eigenvalue weighted by Gasteiger charge is -2.34. The second-order valence-electron chi connectivity index (χ2n) is 26.6. The highest BCUT2D eigenvalue weighted by Gasteiger charge is 2.40. The van der Waals surface area contributed by atoms with Crippen molar-refractivity contribution in [2.45, 2.75) is 124 Å². The van der Waals surface area contributed by atoms with Gasteiger partial charge in [-0.15, -0.1) is 0 Å². The zero-order valence-corrected chi connectivity index (χ0v) is 67.7. The van der Waals surface area contributed by atoms with E-state index in [-0.39, 0.29) is 65.2 Å². The topological polar surface area (TPSA) is 424 Å². The van der Waals surface area contributed by atoms with E-state index in [9.17, 15) is 13.7 Å². The lowest BCUT2D eigenvalue weighted by molar-refractivity contribution is -0.0886. The summed E-state index contributed by atoms with van der Waals surface area (Å²) in [7, 11) is -5.26. The molecule has 0 aliphatic carbocycles. The smallest absolute Gasteiger partial charge is 0.331 e. The van der Waals surface area contributed by atoms with Crippen LogP contribution >= 0.6 is 22.8 Å². The number of unbranched alkanes of at least 4 members (excludes halogenated alkanes) is 4. The first-order chi connectivity index (χ1) is 51.3. The molecule has 0 amide bonds. The van der Waals surface area contributed by atoms with E-state index >= 15 is 0 Å². The standard InChI is InChI=1S/C35H52N3O6P.C23H44N3O6P.C18H42N3O6P/c1-3-4-18-43-45(39,19-17-29-5-7-30(20-36)8-6-29)44-28-35(25-40-2,26-41-23-33-13-9-31(21-37)10-14-33)27-42-24-34-15-11-32(22-38)12-16-34;1-3-4-12-31-33(27,15-9-21-5-7-22(16-26)8-6-21)32-20-23(17-28-2,18-29-13-10-24)19-30-14-11-25;1-3-4-10-26-28(22,13-6-5-7-19)27-17-18(14-23-2,15-24-11-8-20)16-25-12-9-21/h5-16H,3-4,17-28,36-38H2,1-2H3;5-8H,3-4,9-20,24-26H2,1-2H3;3-17,19-21H2,1-2H3. The van der Waals surface area contributed by atoms with Crippen molar-refractivity contribution in [1.29, 1.82) is 0 Å². The highest BCUT2D eigenvalue weighted by molar-refractivity contribution is 7.54. The number of nitrogens with two attached hydrogens (primary N) is 9. The quantitative estimate of drug-likeness (QED) is 0.0147. The van der Waals surface area contributed by atoms with E-state index in [0.717, 1.165) is 89.5 Å². The van der Waals surface area contributed by atoms with Crippen LogP contribution in [-0.2, 0) is 136 Å². The first kappa shape index (κ1) is 98.7. The van der Waals surface area contributed by atoms with Crippen LogP contribution in [0.15, 0.2) is 97.1 Å². The summed E-state index contributed by atoms with van der Waals surface area (Å²) in [5.41, 5.74) is 57.0. The molecule has 27 nitrogen and oxygen atoms in total. The molecule has 0 bridgehead atoms. The average Bonchev–Trinajstić information content (AvgIpc) is 0.849. The molecule has 0 saturated carbocycles. The summed E-state index contributed by atoms with van der Waals surface area (Å²) in [6.45, 7) is 16.7. The Morgan fingerprint density at radius 2 is 0.528 bits per heavy atom. The molecular formula is C76H138N9O18P3. The fourth-order valence-electron chi connectivity index (χ4n) is 10.4. The summed E-state index contributed by atoms with van der Waals surface area (Å²) >= 11 is 0. The van der Waals surface area contributed by atoms with Crippen LogP contribution < -0.4 is 51.6 Å². The number of benzene rings is 4. The molecule has 0 aliphatic heterocycles. The number of aryl methyl sites for hydroxylation is 2. The molecule has 4 aromatic carbocycles. The number of hydrogen-bond donors (Lipinski definition) is 9. The number of rotatable bonds is 65. The SMILES string of the molecule is CCCCOP(=O)(CCCCN)OCC(COC)(COCCN)COCCN.CCCCOP(=O)(CCc1ccc(CN)cc1)OCC(COC)(COCCN)COCCN.CCCCOP(=O)(CCc1ccc(CN)cc1)OCC(COC)(COCc1ccc(CN)cc1)COCc1ccc(CN)cc1. The summed E-state index contributed by atoms with van der Waals surface area (Å²) in [4.78, 5) is 0. The fourth-order valence-corrected chi connectivity index (χ4v) is 15.7. The molecule has 3 atom stereocenters. The van der Waals surface area contributed by atoms with Crippen molar-refractivity contribution in [3.05, 3.63) is 142 Å². The molecule has 0 heterocycles. The van der Waals surface area contributed by atoms with E-state index in [1.807, 2.05) is 97.1 Å². The van der Waals surface area contributed by atoms with Crippen molar-refractivity contribution in [2.75, 3.05) is 198 Å². The molecule has 0 aromatic heterocycles. The molecule has 0 fully saturated rings. The van der Waals surface area contributed by atoms with Crippen LogP contribution in [0, 0.1) is 16.2 Å². The predicted octanol–water partition coefficient (Wildman–Crippen LogP) is 9.33. The second kappa shape index (κ2) is 60.3. The van der Waals surface area contributed by atoms with Crippen molar-refractivity contribution in [1.82, 2.24) is 0 Å². The number of methoxy groups -OCH3 is 3. The first-order valence-corrected chi connectivity index (χ1v) is 42.7. The highest BCUT2D eigenvalue weighted by atomic mass is 31.2. The van der Waals surface area contributed by atoms with Crippen molar-refractivity contribution in [2.24, 2.45) is 67.8 Å². The van der Waals surface area contributed by atoms with Gasteiger partial charge in [0.1, 0.15) is 0 Å². The summed E-state index contributed by atoms with van der Waals surface area (Å²) in [5, 5.41) is 0. The Hall–Kier alpha value is -3.39. The molecule has 30 heteroatoms. The fraction of sp³-hybridized carbons (Fsp3) is 0.684. The van der Waals surface area contributed by atoms with Crippen LogP contribution in [0.5, 0.6) is 0 Å². The lowest BCUT2D eigenvalue weighted by Crippen LogP contribution is -2.42. The van der Waals surface area contributed by atoms with Crippen LogP contribution in [-0.4, -0.2) is 198 Å². The Bertz CT molecular complexity index is 2820. The second-order valence-corrected chi connectivity index (χ2v) is 33.2. The number of hydrogen-bond acceptors (Lipinski definition) is 27. The van der Waals surface area contributed by atoms with Crippen LogP contribution in [0.2, 0.25) is 0 Å². The van der Waals surface area contributed by atoms with Gasteiger partial charge < -0.3 is 121 Å². The zero-order chi connectivity index (χ0) is 77.9. The van der Waals surface area contributed by atoms with Crippen molar-refractivity contribution in [3.8, 4) is 0 Å². The maximum atomic E-state index is 14.1. The van der Waals surface area contributed by atoms with Crippen molar-refractivity contribution in [3.63, 3.8) is 0 Å². The van der Waals surface area contributed by atoms with Gasteiger partial charge in [-0.3, -0.25) is 13.7 Å². The van der Waals surface area contributed by atoms with Crippen molar-refractivity contribution >= 4 is 22.8 Å². The van der Waals surface area contributed by atoms with Gasteiger partial charge in [-0.1, -0.05) is 137 Å². The molecule has 0 aliphatic rings. The lowest BCUT2D eigenvalue weighted by atomic mass is 9.92. The number of ether oxygens (including phenoxy) is 9. The van der Waals surface area contributed by atoms with E-state index < -0.39 is 39.0 Å². The maximum absolute atomic E-state index is 14.1. The Labute approximate surface area is 635 Å². The molecule has 610 valence electrons. The van der Waals surface area contributed by atoms with E-state index in [4.69, 9.17) is 121 Å². The summed E-state index contributed by atoms with van der Waals surface area (Å²) < 4.78 is 128. The summed E-state index contributed by atoms with van der Waals surface area (Å²) in [5.74, 6) is 0.